The van der Waals surface area contributed by atoms with E-state index in [4.69, 9.17) is 10.5 Å². The van der Waals surface area contributed by atoms with Crippen molar-refractivity contribution >= 4 is 18.0 Å². The first-order valence-corrected chi connectivity index (χ1v) is 12.6. The van der Waals surface area contributed by atoms with Gasteiger partial charge in [0.05, 0.1) is 24.3 Å². The summed E-state index contributed by atoms with van der Waals surface area (Å²) >= 11 is 0. The molecule has 0 spiro atoms. The number of carbonyl (C=O) groups is 3. The average Bonchev–Trinajstić information content (AvgIpc) is 3.22. The van der Waals surface area contributed by atoms with Crippen LogP contribution in [0.1, 0.15) is 62.2 Å². The zero-order chi connectivity index (χ0) is 26.0. The smallest absolute Gasteiger partial charge is 0.410 e. The quantitative estimate of drug-likeness (QED) is 0.673. The summed E-state index contributed by atoms with van der Waals surface area (Å²) in [6.45, 7) is 9.87. The minimum atomic E-state index is -0.551. The number of urea groups is 1. The van der Waals surface area contributed by atoms with Gasteiger partial charge in [0.1, 0.15) is 11.3 Å². The fourth-order valence-electron chi connectivity index (χ4n) is 4.69. The van der Waals surface area contributed by atoms with Crippen molar-refractivity contribution in [1.29, 1.82) is 0 Å². The summed E-state index contributed by atoms with van der Waals surface area (Å²) in [5, 5.41) is 7.78. The second kappa shape index (κ2) is 10.2. The maximum absolute atomic E-state index is 13.1. The lowest BCUT2D eigenvalue weighted by molar-refractivity contribution is 0.0200. The van der Waals surface area contributed by atoms with E-state index in [1.54, 1.807) is 14.5 Å². The summed E-state index contributed by atoms with van der Waals surface area (Å²) < 4.78 is 7.23. The highest BCUT2D eigenvalue weighted by atomic mass is 16.6. The van der Waals surface area contributed by atoms with Crippen LogP contribution < -0.4 is 11.1 Å². The normalized spacial score (nSPS) is 16.4. The second-order valence-corrected chi connectivity index (χ2v) is 10.4. The number of nitrogens with two attached hydrogens (primary N) is 1. The van der Waals surface area contributed by atoms with Gasteiger partial charge in [-0.3, -0.25) is 9.48 Å². The predicted molar refractivity (Wildman–Crippen MR) is 135 cm³/mol. The van der Waals surface area contributed by atoms with Gasteiger partial charge in [0, 0.05) is 31.2 Å². The number of hydrogen-bond acceptors (Lipinski definition) is 5. The molecule has 1 aromatic carbocycles. The van der Waals surface area contributed by atoms with Crippen LogP contribution in [-0.4, -0.2) is 68.9 Å². The molecule has 10 heteroatoms. The van der Waals surface area contributed by atoms with Crippen molar-refractivity contribution in [3.63, 3.8) is 0 Å². The molecule has 2 aromatic rings. The van der Waals surface area contributed by atoms with Crippen LogP contribution in [0.15, 0.2) is 24.3 Å². The fourth-order valence-corrected chi connectivity index (χ4v) is 4.69. The van der Waals surface area contributed by atoms with Gasteiger partial charge < -0.3 is 25.6 Å². The zero-order valence-corrected chi connectivity index (χ0v) is 21.5. The number of fused-ring (bicyclic) bond motifs is 1. The predicted octanol–water partition coefficient (Wildman–Crippen LogP) is 3.14. The lowest BCUT2D eigenvalue weighted by atomic mass is 10.0. The van der Waals surface area contributed by atoms with E-state index in [2.05, 4.69) is 17.3 Å². The highest BCUT2D eigenvalue weighted by molar-refractivity contribution is 6.00. The molecule has 0 atom stereocenters. The highest BCUT2D eigenvalue weighted by Crippen LogP contribution is 2.29. The van der Waals surface area contributed by atoms with Gasteiger partial charge in [0.25, 0.3) is 5.91 Å². The molecule has 36 heavy (non-hydrogen) atoms. The van der Waals surface area contributed by atoms with E-state index in [1.165, 1.54) is 0 Å². The Morgan fingerprint density at radius 3 is 2.47 bits per heavy atom. The molecule has 3 heterocycles. The molecule has 0 aliphatic carbocycles. The molecular formula is C26H36N6O4. The molecule has 0 radical (unpaired) electrons. The first-order chi connectivity index (χ1) is 17.1. The third-order valence-electron chi connectivity index (χ3n) is 6.60. The number of amides is 4. The Labute approximate surface area is 211 Å². The molecule has 0 unspecified atom stereocenters. The standard InChI is InChI=1S/C26H36N6O4/c1-5-17-7-6-8-18(15-17)22-21(23(27)33)20-16-31(13-14-32(20)29-22)24(34)28-19-9-11-30(12-10-19)25(35)36-26(2,3)4/h6-8,15,19H,5,9-14,16H2,1-4H3,(H2,27,33)(H,28,34). The van der Waals surface area contributed by atoms with Gasteiger partial charge in [-0.05, 0) is 51.7 Å². The number of nitrogens with zero attached hydrogens (tertiary/aromatic N) is 4. The van der Waals surface area contributed by atoms with E-state index < -0.39 is 11.5 Å². The number of primary amides is 1. The van der Waals surface area contributed by atoms with Crippen molar-refractivity contribution in [1.82, 2.24) is 24.9 Å². The Bertz CT molecular complexity index is 1140. The van der Waals surface area contributed by atoms with Gasteiger partial charge in [0.15, 0.2) is 0 Å². The van der Waals surface area contributed by atoms with Gasteiger partial charge in [-0.15, -0.1) is 0 Å². The number of ether oxygens (including phenoxy) is 1. The van der Waals surface area contributed by atoms with Crippen molar-refractivity contribution in [3.8, 4) is 11.3 Å². The minimum absolute atomic E-state index is 0.0361. The monoisotopic (exact) mass is 496 g/mol. The Balaban J connectivity index is 1.41. The summed E-state index contributed by atoms with van der Waals surface area (Å²) in [7, 11) is 0. The van der Waals surface area contributed by atoms with Gasteiger partial charge in [0.2, 0.25) is 0 Å². The van der Waals surface area contributed by atoms with Crippen LogP contribution in [0.4, 0.5) is 9.59 Å². The summed E-state index contributed by atoms with van der Waals surface area (Å²) in [5.74, 6) is -0.551. The molecule has 1 aromatic heterocycles. The van der Waals surface area contributed by atoms with E-state index in [1.807, 2.05) is 45.0 Å². The highest BCUT2D eigenvalue weighted by Gasteiger charge is 2.32. The molecule has 10 nitrogen and oxygen atoms in total. The summed E-state index contributed by atoms with van der Waals surface area (Å²) in [6.07, 6.45) is 1.86. The maximum atomic E-state index is 13.1. The molecule has 1 fully saturated rings. The first-order valence-electron chi connectivity index (χ1n) is 12.6. The number of aromatic nitrogens is 2. The van der Waals surface area contributed by atoms with Gasteiger partial charge in [-0.1, -0.05) is 25.1 Å². The number of benzene rings is 1. The molecule has 0 saturated carbocycles. The SMILES string of the molecule is CCc1cccc(-c2nn3c(c2C(N)=O)CN(C(=O)NC2CCN(C(=O)OC(C)(C)C)CC2)CC3)c1. The molecule has 194 valence electrons. The Morgan fingerprint density at radius 1 is 1.11 bits per heavy atom. The minimum Gasteiger partial charge on any atom is -0.444 e. The molecule has 0 bridgehead atoms. The summed E-state index contributed by atoms with van der Waals surface area (Å²) in [4.78, 5) is 41.2. The van der Waals surface area contributed by atoms with Crippen LogP contribution in [0.3, 0.4) is 0 Å². The molecule has 2 aliphatic heterocycles. The lowest BCUT2D eigenvalue weighted by Gasteiger charge is -2.35. The molecular weight excluding hydrogens is 460 g/mol. The van der Waals surface area contributed by atoms with Crippen molar-refractivity contribution in [3.05, 3.63) is 41.1 Å². The number of carbonyl (C=O) groups excluding carboxylic acids is 3. The average molecular weight is 497 g/mol. The molecule has 3 N–H and O–H groups in total. The van der Waals surface area contributed by atoms with E-state index in [0.29, 0.717) is 56.0 Å². The maximum Gasteiger partial charge on any atom is 0.410 e. The number of aryl methyl sites for hydroxylation is 1. The first kappa shape index (κ1) is 25.5. The third kappa shape index (κ3) is 5.63. The van der Waals surface area contributed by atoms with Crippen LogP contribution >= 0.6 is 0 Å². The van der Waals surface area contributed by atoms with E-state index in [-0.39, 0.29) is 24.7 Å². The molecule has 4 rings (SSSR count). The Hall–Kier alpha value is -3.56. The van der Waals surface area contributed by atoms with Crippen molar-refractivity contribution in [2.75, 3.05) is 19.6 Å². The third-order valence-corrected chi connectivity index (χ3v) is 6.60. The molecule has 4 amide bonds. The number of piperidine rings is 1. The zero-order valence-electron chi connectivity index (χ0n) is 21.5. The fraction of sp³-hybridized carbons (Fsp3) is 0.538. The van der Waals surface area contributed by atoms with Crippen LogP contribution in [0.25, 0.3) is 11.3 Å². The van der Waals surface area contributed by atoms with Crippen LogP contribution in [0, 0.1) is 0 Å². The number of hydrogen-bond donors (Lipinski definition) is 2. The Kier molecular flexibility index (Phi) is 7.23. The van der Waals surface area contributed by atoms with E-state index in [0.717, 1.165) is 17.5 Å². The summed E-state index contributed by atoms with van der Waals surface area (Å²) in [5.41, 5.74) is 8.82. The largest absolute Gasteiger partial charge is 0.444 e. The van der Waals surface area contributed by atoms with Crippen molar-refractivity contribution < 1.29 is 19.1 Å². The summed E-state index contributed by atoms with van der Waals surface area (Å²) in [6, 6.07) is 7.70. The van der Waals surface area contributed by atoms with E-state index >= 15 is 0 Å². The Morgan fingerprint density at radius 2 is 1.83 bits per heavy atom. The van der Waals surface area contributed by atoms with Crippen LogP contribution in [0.5, 0.6) is 0 Å². The van der Waals surface area contributed by atoms with Crippen molar-refractivity contribution in [2.24, 2.45) is 5.73 Å². The van der Waals surface area contributed by atoms with E-state index in [9.17, 15) is 14.4 Å². The lowest BCUT2D eigenvalue weighted by Crippen LogP contribution is -2.52. The number of likely N-dealkylation sites (tertiary alicyclic amines) is 1. The van der Waals surface area contributed by atoms with Gasteiger partial charge in [-0.2, -0.15) is 5.10 Å². The van der Waals surface area contributed by atoms with Gasteiger partial charge in [-0.25, -0.2) is 9.59 Å². The number of nitrogens with one attached hydrogen (secondary N) is 1. The van der Waals surface area contributed by atoms with Crippen LogP contribution in [-0.2, 0) is 24.2 Å². The van der Waals surface area contributed by atoms with Crippen LogP contribution in [0.2, 0.25) is 0 Å². The number of rotatable bonds is 4. The van der Waals surface area contributed by atoms with Crippen molar-refractivity contribution in [2.45, 2.75) is 71.7 Å². The molecule has 2 aliphatic rings. The second-order valence-electron chi connectivity index (χ2n) is 10.4. The topological polar surface area (TPSA) is 123 Å². The van der Waals surface area contributed by atoms with Gasteiger partial charge >= 0.3 is 12.1 Å². The molecule has 1 saturated heterocycles.